The highest BCUT2D eigenvalue weighted by atomic mass is 16.6. The molecule has 0 unspecified atom stereocenters. The van der Waals surface area contributed by atoms with Crippen molar-refractivity contribution in [1.82, 2.24) is 15.1 Å². The monoisotopic (exact) mass is 388 g/mol. The maximum Gasteiger partial charge on any atom is 0.404 e. The summed E-state index contributed by atoms with van der Waals surface area (Å²) in [5, 5.41) is 3.35. The lowest BCUT2D eigenvalue weighted by atomic mass is 9.82. The van der Waals surface area contributed by atoms with E-state index in [0.29, 0.717) is 29.1 Å². The maximum atomic E-state index is 13.6. The van der Waals surface area contributed by atoms with Gasteiger partial charge in [-0.1, -0.05) is 0 Å². The summed E-state index contributed by atoms with van der Waals surface area (Å²) in [6, 6.07) is 0.165. The second kappa shape index (κ2) is 5.81. The lowest BCUT2D eigenvalue weighted by Gasteiger charge is -2.39. The van der Waals surface area contributed by atoms with Crippen LogP contribution in [-0.2, 0) is 19.1 Å². The number of carbonyl (C=O) groups excluding carboxylic acids is 3. The Morgan fingerprint density at radius 3 is 2.61 bits per heavy atom. The van der Waals surface area contributed by atoms with Crippen LogP contribution in [0.25, 0.3) is 0 Å². The third-order valence-electron chi connectivity index (χ3n) is 6.82. The highest BCUT2D eigenvalue weighted by molar-refractivity contribution is 6.25. The fraction of sp³-hybridized carbons (Fsp3) is 0.632. The molecule has 4 atom stereocenters. The van der Waals surface area contributed by atoms with E-state index in [9.17, 15) is 14.4 Å². The van der Waals surface area contributed by atoms with E-state index in [4.69, 9.17) is 15.2 Å². The van der Waals surface area contributed by atoms with Crippen molar-refractivity contribution in [3.05, 3.63) is 22.5 Å². The maximum absolute atomic E-state index is 13.6. The minimum Gasteiger partial charge on any atom is -0.449 e. The molecule has 4 aliphatic heterocycles. The standard InChI is InChI=1S/C19H24N4O5/c1-9-13(22-5-3-4-6-22)16(25)12-10(8-28-18(20)26)19(27-2)17-11(21-17)7-23(19)14(12)15(9)24/h10-11,17,21H,3-8H2,1-2H3,(H2,20,26)/t10-,11-,17+,19-/m1/s1. The van der Waals surface area contributed by atoms with Crippen molar-refractivity contribution in [2.24, 2.45) is 11.7 Å². The molecule has 4 heterocycles. The Kier molecular flexibility index (Phi) is 3.67. The van der Waals surface area contributed by atoms with Crippen LogP contribution in [0.15, 0.2) is 22.5 Å². The summed E-state index contributed by atoms with van der Waals surface area (Å²) in [6.45, 7) is 3.74. The zero-order chi connectivity index (χ0) is 19.8. The number of allylic oxidation sites excluding steroid dienone is 2. The largest absolute Gasteiger partial charge is 0.449 e. The fourth-order valence-electron chi connectivity index (χ4n) is 5.60. The Morgan fingerprint density at radius 1 is 1.25 bits per heavy atom. The van der Waals surface area contributed by atoms with Crippen LogP contribution in [0.5, 0.6) is 0 Å². The molecule has 5 aliphatic rings. The summed E-state index contributed by atoms with van der Waals surface area (Å²) in [7, 11) is 1.57. The molecule has 0 bridgehead atoms. The number of likely N-dealkylation sites (tertiary alicyclic amines) is 1. The molecular formula is C19H24N4O5. The Hall–Kier alpha value is -2.39. The summed E-state index contributed by atoms with van der Waals surface area (Å²) >= 11 is 0. The average Bonchev–Trinajstić information content (AvgIpc) is 3.04. The summed E-state index contributed by atoms with van der Waals surface area (Å²) in [6.07, 6.45) is 1.09. The van der Waals surface area contributed by atoms with Crippen molar-refractivity contribution < 1.29 is 23.9 Å². The van der Waals surface area contributed by atoms with E-state index in [1.54, 1.807) is 14.0 Å². The quantitative estimate of drug-likeness (QED) is 0.487. The van der Waals surface area contributed by atoms with Crippen molar-refractivity contribution in [2.45, 2.75) is 37.6 Å². The number of Topliss-reactive ketones (excluding diaryl/α,β-unsaturated/α-hetero) is 2. The first kappa shape index (κ1) is 17.7. The third-order valence-corrected chi connectivity index (χ3v) is 6.82. The number of hydrogen-bond donors (Lipinski definition) is 2. The van der Waals surface area contributed by atoms with Gasteiger partial charge in [0.05, 0.1) is 23.4 Å². The van der Waals surface area contributed by atoms with Gasteiger partial charge < -0.3 is 30.3 Å². The first-order valence-electron chi connectivity index (χ1n) is 9.72. The smallest absolute Gasteiger partial charge is 0.404 e. The number of carbonyl (C=O) groups is 3. The van der Waals surface area contributed by atoms with Crippen LogP contribution in [0.3, 0.4) is 0 Å². The van der Waals surface area contributed by atoms with Crippen LogP contribution < -0.4 is 11.1 Å². The van der Waals surface area contributed by atoms with Gasteiger partial charge in [-0.25, -0.2) is 4.79 Å². The number of nitrogens with two attached hydrogens (primary N) is 1. The molecule has 0 spiro atoms. The summed E-state index contributed by atoms with van der Waals surface area (Å²) in [5.74, 6) is -0.872. The normalized spacial score (nSPS) is 36.1. The van der Waals surface area contributed by atoms with E-state index in [0.717, 1.165) is 25.9 Å². The predicted octanol–water partition coefficient (Wildman–Crippen LogP) is -0.514. The molecule has 9 nitrogen and oxygen atoms in total. The number of fused-ring (bicyclic) bond motifs is 4. The van der Waals surface area contributed by atoms with Crippen molar-refractivity contribution in [2.75, 3.05) is 33.4 Å². The number of methoxy groups -OCH3 is 1. The van der Waals surface area contributed by atoms with Crippen LogP contribution >= 0.6 is 0 Å². The Balaban J connectivity index is 1.61. The molecule has 1 aliphatic carbocycles. The molecule has 1 amide bonds. The number of amides is 1. The second-order valence-corrected chi connectivity index (χ2v) is 8.09. The van der Waals surface area contributed by atoms with Crippen LogP contribution in [0.2, 0.25) is 0 Å². The van der Waals surface area contributed by atoms with Crippen LogP contribution in [0.1, 0.15) is 19.8 Å². The summed E-state index contributed by atoms with van der Waals surface area (Å²) in [5.41, 5.74) is 6.05. The lowest BCUT2D eigenvalue weighted by molar-refractivity contribution is -0.137. The second-order valence-electron chi connectivity index (χ2n) is 8.09. The molecule has 28 heavy (non-hydrogen) atoms. The van der Waals surface area contributed by atoms with Crippen molar-refractivity contribution in [3.8, 4) is 0 Å². The van der Waals surface area contributed by atoms with Crippen LogP contribution in [-0.4, -0.2) is 78.6 Å². The van der Waals surface area contributed by atoms with Gasteiger partial charge >= 0.3 is 6.09 Å². The van der Waals surface area contributed by atoms with Gasteiger partial charge in [0.2, 0.25) is 11.6 Å². The molecule has 0 aromatic heterocycles. The van der Waals surface area contributed by atoms with E-state index in [2.05, 4.69) is 5.32 Å². The van der Waals surface area contributed by atoms with Gasteiger partial charge in [0.15, 0.2) is 5.72 Å². The van der Waals surface area contributed by atoms with Crippen molar-refractivity contribution in [1.29, 1.82) is 0 Å². The molecule has 3 fully saturated rings. The Labute approximate surface area is 162 Å². The van der Waals surface area contributed by atoms with Gasteiger partial charge in [-0.2, -0.15) is 0 Å². The molecule has 0 aromatic rings. The third kappa shape index (κ3) is 2.06. The molecular weight excluding hydrogens is 364 g/mol. The first-order valence-corrected chi connectivity index (χ1v) is 9.72. The zero-order valence-corrected chi connectivity index (χ0v) is 16.0. The number of nitrogens with one attached hydrogen (secondary N) is 1. The van der Waals surface area contributed by atoms with Gasteiger partial charge in [0.25, 0.3) is 0 Å². The molecule has 150 valence electrons. The van der Waals surface area contributed by atoms with Gasteiger partial charge in [-0.05, 0) is 19.8 Å². The van der Waals surface area contributed by atoms with Crippen molar-refractivity contribution in [3.63, 3.8) is 0 Å². The Bertz CT molecular complexity index is 858. The molecule has 3 saturated heterocycles. The molecule has 3 N–H and O–H groups in total. The molecule has 0 saturated carbocycles. The number of rotatable bonds is 4. The SMILES string of the molecule is CO[C@@]12[C@H](COC(N)=O)C3=C(C(=O)C(C)=C(N4CCCC4)C3=O)N1C[C@H]1N[C@@H]12. The van der Waals surface area contributed by atoms with Crippen LogP contribution in [0.4, 0.5) is 4.79 Å². The minimum atomic E-state index is -0.920. The summed E-state index contributed by atoms with van der Waals surface area (Å²) < 4.78 is 11.1. The van der Waals surface area contributed by atoms with E-state index < -0.39 is 17.7 Å². The van der Waals surface area contributed by atoms with E-state index in [1.807, 2.05) is 9.80 Å². The minimum absolute atomic E-state index is 0.0271. The first-order chi connectivity index (χ1) is 13.4. The lowest BCUT2D eigenvalue weighted by Crippen LogP contribution is -2.55. The number of nitrogens with zero attached hydrogens (tertiary/aromatic N) is 2. The highest BCUT2D eigenvalue weighted by Crippen LogP contribution is 2.56. The van der Waals surface area contributed by atoms with E-state index in [1.165, 1.54) is 0 Å². The number of ether oxygens (including phenoxy) is 2. The molecule has 9 heteroatoms. The number of piperazine rings is 1. The average molecular weight is 388 g/mol. The number of primary amides is 1. The number of ketones is 2. The summed E-state index contributed by atoms with van der Waals surface area (Å²) in [4.78, 5) is 42.2. The number of hydrogen-bond acceptors (Lipinski definition) is 8. The Morgan fingerprint density at radius 2 is 1.96 bits per heavy atom. The van der Waals surface area contributed by atoms with Gasteiger partial charge in [0, 0.05) is 43.9 Å². The highest BCUT2D eigenvalue weighted by Gasteiger charge is 2.72. The predicted molar refractivity (Wildman–Crippen MR) is 96.7 cm³/mol. The van der Waals surface area contributed by atoms with Gasteiger partial charge in [-0.15, -0.1) is 0 Å². The molecule has 0 aromatic carbocycles. The van der Waals surface area contributed by atoms with E-state index in [-0.39, 0.29) is 30.3 Å². The van der Waals surface area contributed by atoms with Crippen molar-refractivity contribution >= 4 is 17.7 Å². The van der Waals surface area contributed by atoms with Gasteiger partial charge in [0.1, 0.15) is 6.61 Å². The fourth-order valence-corrected chi connectivity index (χ4v) is 5.60. The van der Waals surface area contributed by atoms with Crippen LogP contribution in [0, 0.1) is 5.92 Å². The topological polar surface area (TPSA) is 124 Å². The molecule has 5 rings (SSSR count). The van der Waals surface area contributed by atoms with E-state index >= 15 is 0 Å². The zero-order valence-electron chi connectivity index (χ0n) is 16.0. The molecule has 0 radical (unpaired) electrons. The van der Waals surface area contributed by atoms with Gasteiger partial charge in [-0.3, -0.25) is 9.59 Å².